The van der Waals surface area contributed by atoms with Gasteiger partial charge in [-0.3, -0.25) is 4.79 Å². The zero-order valence-electron chi connectivity index (χ0n) is 15.1. The van der Waals surface area contributed by atoms with Crippen LogP contribution in [0.15, 0.2) is 36.4 Å². The Morgan fingerprint density at radius 3 is 2.64 bits per heavy atom. The van der Waals surface area contributed by atoms with Crippen LogP contribution in [0.4, 0.5) is 0 Å². The minimum Gasteiger partial charge on any atom is -0.508 e. The van der Waals surface area contributed by atoms with E-state index in [2.05, 4.69) is 20.8 Å². The minimum absolute atomic E-state index is 0.0629. The number of aliphatic carboxylic acids is 1. The van der Waals surface area contributed by atoms with Crippen molar-refractivity contribution in [2.24, 2.45) is 11.3 Å². The Morgan fingerprint density at radius 2 is 2.00 bits per heavy atom. The van der Waals surface area contributed by atoms with Crippen LogP contribution in [0, 0.1) is 11.3 Å². The largest absolute Gasteiger partial charge is 0.508 e. The van der Waals surface area contributed by atoms with Gasteiger partial charge in [-0.2, -0.15) is 0 Å². The molecule has 0 aliphatic carbocycles. The first-order chi connectivity index (χ1) is 11.8. The Kier molecular flexibility index (Phi) is 6.62. The maximum Gasteiger partial charge on any atom is 0.303 e. The normalized spacial score (nSPS) is 24.5. The number of phenols is 1. The average Bonchev–Trinajstić information content (AvgIpc) is 2.54. The SMILES string of the molecule is CC(C)(C)[C@H]1OC[C@@H](C/C=C/CCC(=O)O)[C@@H](c2ccccc2O)O1. The highest BCUT2D eigenvalue weighted by atomic mass is 16.7. The standard InChI is InChI=1S/C20H28O5/c1-20(2,3)19-24-13-14(9-5-4-6-12-17(22)23)18(25-19)15-10-7-8-11-16(15)21/h4-5,7-8,10-11,14,18-19,21H,6,9,12-13H2,1-3H3,(H,22,23)/b5-4+/t14-,18+,19+/m1/s1. The third-order valence-corrected chi connectivity index (χ3v) is 4.24. The fourth-order valence-electron chi connectivity index (χ4n) is 2.88. The number of para-hydroxylation sites is 1. The molecule has 3 atom stereocenters. The topological polar surface area (TPSA) is 76.0 Å². The van der Waals surface area contributed by atoms with Crippen molar-refractivity contribution in [3.05, 3.63) is 42.0 Å². The number of benzene rings is 1. The van der Waals surface area contributed by atoms with Crippen molar-refractivity contribution >= 4 is 5.97 Å². The Balaban J connectivity index is 2.11. The number of allylic oxidation sites excluding steroid dienone is 2. The number of ether oxygens (including phenoxy) is 2. The van der Waals surface area contributed by atoms with Gasteiger partial charge in [-0.15, -0.1) is 0 Å². The van der Waals surface area contributed by atoms with Crippen LogP contribution >= 0.6 is 0 Å². The molecule has 0 amide bonds. The number of phenolic OH excluding ortho intramolecular Hbond substituents is 1. The summed E-state index contributed by atoms with van der Waals surface area (Å²) in [5.41, 5.74) is 0.606. The number of carboxylic acid groups (broad SMARTS) is 1. The van der Waals surface area contributed by atoms with Crippen molar-refractivity contribution in [1.82, 2.24) is 0 Å². The fraction of sp³-hybridized carbons (Fsp3) is 0.550. The van der Waals surface area contributed by atoms with Crippen molar-refractivity contribution in [2.75, 3.05) is 6.61 Å². The van der Waals surface area contributed by atoms with Crippen LogP contribution < -0.4 is 0 Å². The highest BCUT2D eigenvalue weighted by Gasteiger charge is 2.38. The maximum absolute atomic E-state index is 10.6. The number of aromatic hydroxyl groups is 1. The first kappa shape index (κ1) is 19.5. The molecule has 138 valence electrons. The summed E-state index contributed by atoms with van der Waals surface area (Å²) in [4.78, 5) is 10.6. The Labute approximate surface area is 149 Å². The predicted octanol–water partition coefficient (Wildman–Crippen LogP) is 4.28. The molecule has 2 N–H and O–H groups in total. The molecule has 0 radical (unpaired) electrons. The fourth-order valence-corrected chi connectivity index (χ4v) is 2.88. The Bertz CT molecular complexity index is 602. The van der Waals surface area contributed by atoms with Crippen LogP contribution in [-0.2, 0) is 14.3 Å². The van der Waals surface area contributed by atoms with E-state index in [1.54, 1.807) is 12.1 Å². The first-order valence-corrected chi connectivity index (χ1v) is 8.71. The van der Waals surface area contributed by atoms with E-state index in [0.717, 1.165) is 5.56 Å². The van der Waals surface area contributed by atoms with Crippen LogP contribution in [0.2, 0.25) is 0 Å². The number of carbonyl (C=O) groups is 1. The van der Waals surface area contributed by atoms with Crippen molar-refractivity contribution in [2.45, 2.75) is 52.4 Å². The van der Waals surface area contributed by atoms with Crippen LogP contribution in [0.1, 0.15) is 51.7 Å². The summed E-state index contributed by atoms with van der Waals surface area (Å²) in [6.07, 6.45) is 4.60. The van der Waals surface area contributed by atoms with Crippen molar-refractivity contribution in [3.63, 3.8) is 0 Å². The van der Waals surface area contributed by atoms with E-state index < -0.39 is 5.97 Å². The molecule has 0 saturated carbocycles. The van der Waals surface area contributed by atoms with Gasteiger partial charge in [0, 0.05) is 23.3 Å². The zero-order chi connectivity index (χ0) is 18.4. The van der Waals surface area contributed by atoms with Crippen LogP contribution in [0.5, 0.6) is 5.75 Å². The highest BCUT2D eigenvalue weighted by Crippen LogP contribution is 2.41. The molecule has 1 aromatic rings. The summed E-state index contributed by atoms with van der Waals surface area (Å²) in [5, 5.41) is 18.9. The summed E-state index contributed by atoms with van der Waals surface area (Å²) in [7, 11) is 0. The Morgan fingerprint density at radius 1 is 1.28 bits per heavy atom. The van der Waals surface area contributed by atoms with Gasteiger partial charge in [-0.25, -0.2) is 0 Å². The number of hydrogen-bond donors (Lipinski definition) is 2. The van der Waals surface area contributed by atoms with Crippen LogP contribution in [-0.4, -0.2) is 29.1 Å². The van der Waals surface area contributed by atoms with E-state index >= 15 is 0 Å². The molecule has 5 heteroatoms. The molecule has 1 fully saturated rings. The lowest BCUT2D eigenvalue weighted by atomic mass is 9.89. The van der Waals surface area contributed by atoms with Crippen molar-refractivity contribution in [1.29, 1.82) is 0 Å². The molecule has 1 aromatic carbocycles. The molecule has 0 unspecified atom stereocenters. The third kappa shape index (κ3) is 5.58. The number of carboxylic acids is 1. The van der Waals surface area contributed by atoms with E-state index in [9.17, 15) is 9.90 Å². The molecular weight excluding hydrogens is 320 g/mol. The third-order valence-electron chi connectivity index (χ3n) is 4.24. The second-order valence-electron chi connectivity index (χ2n) is 7.55. The van der Waals surface area contributed by atoms with Gasteiger partial charge >= 0.3 is 5.97 Å². The maximum atomic E-state index is 10.6. The smallest absolute Gasteiger partial charge is 0.303 e. The van der Waals surface area contributed by atoms with Crippen LogP contribution in [0.3, 0.4) is 0 Å². The number of rotatable bonds is 6. The molecule has 0 aromatic heterocycles. The molecule has 1 saturated heterocycles. The second kappa shape index (κ2) is 8.50. The first-order valence-electron chi connectivity index (χ1n) is 8.71. The summed E-state index contributed by atoms with van der Waals surface area (Å²) >= 11 is 0. The molecule has 2 rings (SSSR count). The van der Waals surface area contributed by atoms with Gasteiger partial charge in [0.25, 0.3) is 0 Å². The van der Waals surface area contributed by atoms with E-state index in [4.69, 9.17) is 14.6 Å². The van der Waals surface area contributed by atoms with E-state index in [1.807, 2.05) is 24.3 Å². The van der Waals surface area contributed by atoms with E-state index in [1.165, 1.54) is 0 Å². The molecule has 1 heterocycles. The van der Waals surface area contributed by atoms with Gasteiger partial charge in [-0.1, -0.05) is 51.1 Å². The summed E-state index contributed by atoms with van der Waals surface area (Å²) in [5.74, 6) is -0.510. The van der Waals surface area contributed by atoms with E-state index in [-0.39, 0.29) is 35.9 Å². The molecule has 25 heavy (non-hydrogen) atoms. The minimum atomic E-state index is -0.797. The van der Waals surface area contributed by atoms with Gasteiger partial charge in [0.2, 0.25) is 0 Å². The molecule has 1 aliphatic heterocycles. The monoisotopic (exact) mass is 348 g/mol. The summed E-state index contributed by atoms with van der Waals surface area (Å²) < 4.78 is 12.1. The zero-order valence-corrected chi connectivity index (χ0v) is 15.1. The molecular formula is C20H28O5. The lowest BCUT2D eigenvalue weighted by molar-refractivity contribution is -0.275. The average molecular weight is 348 g/mol. The van der Waals surface area contributed by atoms with Gasteiger partial charge in [-0.05, 0) is 18.9 Å². The van der Waals surface area contributed by atoms with Gasteiger partial charge < -0.3 is 19.7 Å². The summed E-state index contributed by atoms with van der Waals surface area (Å²) in [6, 6.07) is 7.23. The van der Waals surface area contributed by atoms with Crippen LogP contribution in [0.25, 0.3) is 0 Å². The summed E-state index contributed by atoms with van der Waals surface area (Å²) in [6.45, 7) is 6.72. The molecule has 0 spiro atoms. The van der Waals surface area contributed by atoms with Crippen molar-refractivity contribution < 1.29 is 24.5 Å². The molecule has 0 bridgehead atoms. The molecule has 1 aliphatic rings. The van der Waals surface area contributed by atoms with Crippen molar-refractivity contribution in [3.8, 4) is 5.75 Å². The van der Waals surface area contributed by atoms with Gasteiger partial charge in [0.15, 0.2) is 6.29 Å². The lowest BCUT2D eigenvalue weighted by Crippen LogP contribution is -2.41. The Hall–Kier alpha value is -1.85. The predicted molar refractivity (Wildman–Crippen MR) is 95.2 cm³/mol. The van der Waals surface area contributed by atoms with Gasteiger partial charge in [0.1, 0.15) is 5.75 Å². The quantitative estimate of drug-likeness (QED) is 0.751. The second-order valence-corrected chi connectivity index (χ2v) is 7.55. The van der Waals surface area contributed by atoms with Gasteiger partial charge in [0.05, 0.1) is 12.7 Å². The highest BCUT2D eigenvalue weighted by molar-refractivity contribution is 5.66. The van der Waals surface area contributed by atoms with E-state index in [0.29, 0.717) is 19.4 Å². The molecule has 5 nitrogen and oxygen atoms in total. The lowest BCUT2D eigenvalue weighted by Gasteiger charge is -2.42. The number of hydrogen-bond acceptors (Lipinski definition) is 4.